The zero-order valence-electron chi connectivity index (χ0n) is 18.8. The summed E-state index contributed by atoms with van der Waals surface area (Å²) in [7, 11) is 3.07. The number of hydrogen-bond acceptors (Lipinski definition) is 6. The molecular formula is C25H28O6. The van der Waals surface area contributed by atoms with E-state index in [2.05, 4.69) is 0 Å². The van der Waals surface area contributed by atoms with E-state index in [0.29, 0.717) is 45.4 Å². The zero-order chi connectivity index (χ0) is 22.5. The number of allylic oxidation sites excluding steroid dienone is 2. The molecule has 6 nitrogen and oxygen atoms in total. The molecule has 0 unspecified atom stereocenters. The van der Waals surface area contributed by atoms with Crippen LogP contribution in [0.25, 0.3) is 21.9 Å². The van der Waals surface area contributed by atoms with Gasteiger partial charge in [-0.1, -0.05) is 11.6 Å². The van der Waals surface area contributed by atoms with Crippen molar-refractivity contribution in [2.45, 2.75) is 52.6 Å². The average molecular weight is 424 g/mol. The van der Waals surface area contributed by atoms with Crippen LogP contribution < -0.4 is 19.6 Å². The van der Waals surface area contributed by atoms with Gasteiger partial charge in [0.15, 0.2) is 11.5 Å². The van der Waals surface area contributed by atoms with Gasteiger partial charge >= 0.3 is 0 Å². The fraction of sp³-hybridized carbons (Fsp3) is 0.400. The van der Waals surface area contributed by atoms with E-state index in [1.54, 1.807) is 13.2 Å². The molecule has 3 aromatic rings. The van der Waals surface area contributed by atoms with Crippen LogP contribution >= 0.6 is 0 Å². The first-order chi connectivity index (χ1) is 14.7. The largest absolute Gasteiger partial charge is 0.504 e. The molecule has 0 saturated carbocycles. The van der Waals surface area contributed by atoms with Gasteiger partial charge in [-0.05, 0) is 47.0 Å². The number of fused-ring (bicyclic) bond motifs is 4. The number of phenolic OH excluding ortho intramolecular Hbond substituents is 1. The van der Waals surface area contributed by atoms with Gasteiger partial charge in [-0.25, -0.2) is 0 Å². The Bertz CT molecular complexity index is 1280. The summed E-state index contributed by atoms with van der Waals surface area (Å²) < 4.78 is 23.5. The van der Waals surface area contributed by atoms with E-state index < -0.39 is 5.60 Å². The summed E-state index contributed by atoms with van der Waals surface area (Å²) in [6.45, 7) is 7.97. The van der Waals surface area contributed by atoms with Crippen LogP contribution in [0.1, 0.15) is 45.2 Å². The highest BCUT2D eigenvalue weighted by atomic mass is 16.5. The smallest absolute Gasteiger partial charge is 0.204 e. The summed E-state index contributed by atoms with van der Waals surface area (Å²) in [4.78, 5) is 13.9. The standard InChI is InChI=1S/C25H28O6/c1-13(2)7-8-15-20-18(11-16(26)23(15)29-6)30-19-12-17(28-5)14-9-10-25(3,4)31-24(14)21(19)22(20)27/h7,11-12,26H,8-10H2,1-6H3. The lowest BCUT2D eigenvalue weighted by Crippen LogP contribution is -2.33. The third kappa shape index (κ3) is 3.50. The molecule has 0 radical (unpaired) electrons. The van der Waals surface area contributed by atoms with Crippen LogP contribution in [0.4, 0.5) is 0 Å². The van der Waals surface area contributed by atoms with Crippen molar-refractivity contribution in [3.8, 4) is 23.0 Å². The van der Waals surface area contributed by atoms with Crippen molar-refractivity contribution >= 4 is 21.9 Å². The number of benzene rings is 2. The Morgan fingerprint density at radius 1 is 1.16 bits per heavy atom. The second kappa shape index (κ2) is 7.52. The fourth-order valence-electron chi connectivity index (χ4n) is 4.21. The van der Waals surface area contributed by atoms with E-state index in [-0.39, 0.29) is 16.9 Å². The normalized spacial score (nSPS) is 14.8. The van der Waals surface area contributed by atoms with Gasteiger partial charge in [-0.3, -0.25) is 4.79 Å². The summed E-state index contributed by atoms with van der Waals surface area (Å²) in [5.41, 5.74) is 2.60. The molecule has 1 aliphatic rings. The minimum Gasteiger partial charge on any atom is -0.504 e. The van der Waals surface area contributed by atoms with Crippen molar-refractivity contribution in [3.05, 3.63) is 45.1 Å². The molecule has 0 atom stereocenters. The summed E-state index contributed by atoms with van der Waals surface area (Å²) in [6, 6.07) is 3.16. The third-order valence-electron chi connectivity index (χ3n) is 5.80. The summed E-state index contributed by atoms with van der Waals surface area (Å²) in [6.07, 6.45) is 3.97. The number of hydrogen-bond donors (Lipinski definition) is 1. The Hall–Kier alpha value is -3.15. The number of aromatic hydroxyl groups is 1. The predicted octanol–water partition coefficient (Wildman–Crippen LogP) is 5.28. The summed E-state index contributed by atoms with van der Waals surface area (Å²) >= 11 is 0. The molecule has 0 amide bonds. The molecule has 0 saturated heterocycles. The third-order valence-corrected chi connectivity index (χ3v) is 5.80. The van der Waals surface area contributed by atoms with Gasteiger partial charge in [0.05, 0.1) is 19.6 Å². The van der Waals surface area contributed by atoms with Gasteiger partial charge in [0.1, 0.15) is 33.7 Å². The maximum absolute atomic E-state index is 13.9. The first-order valence-corrected chi connectivity index (χ1v) is 10.4. The zero-order valence-corrected chi connectivity index (χ0v) is 18.8. The quantitative estimate of drug-likeness (QED) is 0.453. The highest BCUT2D eigenvalue weighted by molar-refractivity contribution is 5.98. The molecule has 1 aromatic heterocycles. The van der Waals surface area contributed by atoms with Crippen LogP contribution in [0.3, 0.4) is 0 Å². The molecule has 4 rings (SSSR count). The molecule has 1 N–H and O–H groups in total. The molecule has 0 bridgehead atoms. The molecule has 164 valence electrons. The van der Waals surface area contributed by atoms with E-state index in [1.807, 2.05) is 33.8 Å². The molecule has 1 aliphatic heterocycles. The Morgan fingerprint density at radius 3 is 2.52 bits per heavy atom. The second-order valence-electron chi connectivity index (χ2n) is 8.82. The van der Waals surface area contributed by atoms with Crippen molar-refractivity contribution in [2.75, 3.05) is 14.2 Å². The van der Waals surface area contributed by atoms with E-state index in [4.69, 9.17) is 18.6 Å². The average Bonchev–Trinajstić information content (AvgIpc) is 2.69. The first kappa shape index (κ1) is 21.1. The summed E-state index contributed by atoms with van der Waals surface area (Å²) in [5.74, 6) is 1.35. The molecular weight excluding hydrogens is 396 g/mol. The van der Waals surface area contributed by atoms with Gasteiger partial charge < -0.3 is 23.7 Å². The topological polar surface area (TPSA) is 78.1 Å². The number of ether oxygens (including phenoxy) is 3. The number of phenols is 1. The first-order valence-electron chi connectivity index (χ1n) is 10.4. The van der Waals surface area contributed by atoms with Crippen LogP contribution in [-0.4, -0.2) is 24.9 Å². The predicted molar refractivity (Wildman–Crippen MR) is 121 cm³/mol. The molecule has 0 aliphatic carbocycles. The minimum absolute atomic E-state index is 0.0723. The van der Waals surface area contributed by atoms with Gasteiger partial charge in [-0.15, -0.1) is 0 Å². The highest BCUT2D eigenvalue weighted by Gasteiger charge is 2.32. The van der Waals surface area contributed by atoms with Gasteiger partial charge in [0.25, 0.3) is 0 Å². The van der Waals surface area contributed by atoms with Gasteiger partial charge in [-0.2, -0.15) is 0 Å². The summed E-state index contributed by atoms with van der Waals surface area (Å²) in [5, 5.41) is 11.3. The molecule has 6 heteroatoms. The monoisotopic (exact) mass is 424 g/mol. The minimum atomic E-state index is -0.411. The second-order valence-corrected chi connectivity index (χ2v) is 8.82. The maximum atomic E-state index is 13.9. The molecule has 2 aromatic carbocycles. The Balaban J connectivity index is 2.16. The van der Waals surface area contributed by atoms with Gasteiger partial charge in [0, 0.05) is 23.3 Å². The van der Waals surface area contributed by atoms with Crippen molar-refractivity contribution in [1.82, 2.24) is 0 Å². The Labute approximate surface area is 181 Å². The number of methoxy groups -OCH3 is 2. The van der Waals surface area contributed by atoms with Crippen LogP contribution in [-0.2, 0) is 12.8 Å². The lowest BCUT2D eigenvalue weighted by Gasteiger charge is -2.33. The fourth-order valence-corrected chi connectivity index (χ4v) is 4.21. The SMILES string of the molecule is COc1cc2oc3cc(O)c(OC)c(CC=C(C)C)c3c(=O)c2c2c1CCC(C)(C)O2. The van der Waals surface area contributed by atoms with E-state index in [0.717, 1.165) is 24.0 Å². The van der Waals surface area contributed by atoms with Crippen LogP contribution in [0.15, 0.2) is 33.0 Å². The molecule has 31 heavy (non-hydrogen) atoms. The lowest BCUT2D eigenvalue weighted by molar-refractivity contribution is 0.0857. The number of rotatable bonds is 4. The highest BCUT2D eigenvalue weighted by Crippen LogP contribution is 2.45. The van der Waals surface area contributed by atoms with Crippen LogP contribution in [0.5, 0.6) is 23.0 Å². The van der Waals surface area contributed by atoms with E-state index in [1.165, 1.54) is 13.2 Å². The van der Waals surface area contributed by atoms with Gasteiger partial charge in [0.2, 0.25) is 5.43 Å². The molecule has 0 spiro atoms. The van der Waals surface area contributed by atoms with Crippen molar-refractivity contribution in [2.24, 2.45) is 0 Å². The maximum Gasteiger partial charge on any atom is 0.204 e. The van der Waals surface area contributed by atoms with Crippen LogP contribution in [0.2, 0.25) is 0 Å². The molecule has 2 heterocycles. The van der Waals surface area contributed by atoms with Crippen molar-refractivity contribution in [1.29, 1.82) is 0 Å². The molecule has 0 fully saturated rings. The van der Waals surface area contributed by atoms with E-state index in [9.17, 15) is 9.90 Å². The van der Waals surface area contributed by atoms with Crippen molar-refractivity contribution in [3.63, 3.8) is 0 Å². The Morgan fingerprint density at radius 2 is 1.87 bits per heavy atom. The van der Waals surface area contributed by atoms with Crippen LogP contribution in [0, 0.1) is 0 Å². The van der Waals surface area contributed by atoms with Crippen molar-refractivity contribution < 1.29 is 23.7 Å². The van der Waals surface area contributed by atoms with E-state index >= 15 is 0 Å². The lowest BCUT2D eigenvalue weighted by atomic mass is 9.91. The Kier molecular flexibility index (Phi) is 5.12.